The van der Waals surface area contributed by atoms with Crippen LogP contribution in [0.2, 0.25) is 5.02 Å². The first-order valence-corrected chi connectivity index (χ1v) is 10.9. The predicted octanol–water partition coefficient (Wildman–Crippen LogP) is 2.92. The highest BCUT2D eigenvalue weighted by atomic mass is 35.5. The van der Waals surface area contributed by atoms with E-state index in [1.165, 1.54) is 16.8 Å². The molecule has 158 valence electrons. The van der Waals surface area contributed by atoms with Crippen molar-refractivity contribution in [3.63, 3.8) is 0 Å². The van der Waals surface area contributed by atoms with Gasteiger partial charge >= 0.3 is 7.82 Å². The van der Waals surface area contributed by atoms with Gasteiger partial charge in [-0.2, -0.15) is 0 Å². The zero-order valence-corrected chi connectivity index (χ0v) is 17.6. The molecule has 9 nitrogen and oxygen atoms in total. The molecule has 4 unspecified atom stereocenters. The van der Waals surface area contributed by atoms with Crippen molar-refractivity contribution in [1.29, 1.82) is 0 Å². The van der Waals surface area contributed by atoms with E-state index in [1.54, 1.807) is 0 Å². The number of hydrogen-bond acceptors (Lipinski definition) is 8. The molecule has 0 spiro atoms. The summed E-state index contributed by atoms with van der Waals surface area (Å²) >= 11 is 10.9. The molecule has 0 bridgehead atoms. The lowest BCUT2D eigenvalue weighted by atomic mass is 9.88. The number of aliphatic hydroxyl groups is 1. The van der Waals surface area contributed by atoms with Crippen molar-refractivity contribution in [1.82, 2.24) is 9.55 Å². The van der Waals surface area contributed by atoms with Gasteiger partial charge in [0.05, 0.1) is 6.61 Å². The van der Waals surface area contributed by atoms with Crippen molar-refractivity contribution in [2.24, 2.45) is 0 Å². The molecule has 1 aromatic carbocycles. The highest BCUT2D eigenvalue weighted by Gasteiger charge is 2.48. The predicted molar refractivity (Wildman–Crippen MR) is 105 cm³/mol. The van der Waals surface area contributed by atoms with Gasteiger partial charge in [0.25, 0.3) is 5.56 Å². The van der Waals surface area contributed by atoms with E-state index in [1.807, 2.05) is 0 Å². The van der Waals surface area contributed by atoms with Crippen LogP contribution in [0.1, 0.15) is 24.6 Å². The molecule has 4 atom stereocenters. The summed E-state index contributed by atoms with van der Waals surface area (Å²) in [5, 5.41) is 10.5. The van der Waals surface area contributed by atoms with Gasteiger partial charge in [0.2, 0.25) is 0 Å². The lowest BCUT2D eigenvalue weighted by Gasteiger charge is -2.34. The SMILES string of the molecule is [B]C(O)(OP1(=O)OCc2cc(F)ccc2O1)C1CCC(n2cc(Cl)c(=O)[nH]c2=S)O1. The highest BCUT2D eigenvalue weighted by molar-refractivity contribution is 7.71. The molecular formula is C16H14BClFN2O7PS. The van der Waals surface area contributed by atoms with Gasteiger partial charge in [0.15, 0.2) is 18.3 Å². The van der Waals surface area contributed by atoms with Gasteiger partial charge in [-0.3, -0.25) is 23.4 Å². The molecule has 4 rings (SSSR count). The summed E-state index contributed by atoms with van der Waals surface area (Å²) in [6, 6.07) is 3.55. The van der Waals surface area contributed by atoms with Crippen molar-refractivity contribution < 1.29 is 32.4 Å². The van der Waals surface area contributed by atoms with Gasteiger partial charge in [0, 0.05) is 11.8 Å². The monoisotopic (exact) mass is 474 g/mol. The lowest BCUT2D eigenvalue weighted by Crippen LogP contribution is -2.45. The quantitative estimate of drug-likeness (QED) is 0.301. The molecule has 3 heterocycles. The summed E-state index contributed by atoms with van der Waals surface area (Å²) in [7, 11) is 1.49. The fourth-order valence-electron chi connectivity index (χ4n) is 3.13. The molecule has 2 radical (unpaired) electrons. The van der Waals surface area contributed by atoms with Crippen molar-refractivity contribution in [2.45, 2.75) is 37.5 Å². The van der Waals surface area contributed by atoms with Gasteiger partial charge < -0.3 is 14.4 Å². The first-order valence-electron chi connectivity index (χ1n) is 8.67. The molecule has 0 amide bonds. The standard InChI is InChI=1S/C16H14BClFN2O7PS/c17-16(23,28-29(24)25-7-8-5-9(19)1-2-11(8)27-29)12-3-4-13(26-12)21-6-10(18)14(22)20-15(21)30/h1-2,5-6,12-13,23H,3-4,7H2,(H,20,22,30). The van der Waals surface area contributed by atoms with E-state index in [4.69, 9.17) is 50.0 Å². The first-order chi connectivity index (χ1) is 14.1. The average molecular weight is 475 g/mol. The topological polar surface area (TPSA) is 112 Å². The molecule has 2 aliphatic rings. The Balaban J connectivity index is 1.49. The zero-order chi connectivity index (χ0) is 21.7. The maximum absolute atomic E-state index is 13.3. The normalized spacial score (nSPS) is 27.8. The van der Waals surface area contributed by atoms with Gasteiger partial charge in [-0.05, 0) is 43.3 Å². The maximum atomic E-state index is 13.3. The summed E-state index contributed by atoms with van der Waals surface area (Å²) in [5.41, 5.74) is -2.76. The zero-order valence-electron chi connectivity index (χ0n) is 15.1. The number of phosphoric ester groups is 1. The third-order valence-electron chi connectivity index (χ3n) is 4.56. The lowest BCUT2D eigenvalue weighted by molar-refractivity contribution is -0.176. The minimum atomic E-state index is -4.32. The summed E-state index contributed by atoms with van der Waals surface area (Å²) in [5.74, 6) is -0.429. The number of benzene rings is 1. The largest absolute Gasteiger partial charge is 0.532 e. The number of aromatic nitrogens is 2. The minimum absolute atomic E-state index is 0.0621. The molecule has 1 aromatic heterocycles. The molecule has 1 saturated heterocycles. The molecule has 30 heavy (non-hydrogen) atoms. The Morgan fingerprint density at radius 2 is 2.23 bits per heavy atom. The van der Waals surface area contributed by atoms with Crippen LogP contribution in [0, 0.1) is 10.6 Å². The van der Waals surface area contributed by atoms with Crippen LogP contribution in [0.5, 0.6) is 5.75 Å². The van der Waals surface area contributed by atoms with E-state index in [-0.39, 0.29) is 28.6 Å². The molecular weight excluding hydrogens is 460 g/mol. The number of ether oxygens (including phenoxy) is 1. The first kappa shape index (κ1) is 21.7. The number of nitrogens with zero attached hydrogens (tertiary/aromatic N) is 1. The van der Waals surface area contributed by atoms with E-state index in [0.717, 1.165) is 12.1 Å². The van der Waals surface area contributed by atoms with Gasteiger partial charge in [-0.15, -0.1) is 0 Å². The van der Waals surface area contributed by atoms with Gasteiger partial charge in [-0.25, -0.2) is 8.96 Å². The number of hydrogen-bond donors (Lipinski definition) is 2. The second-order valence-corrected chi connectivity index (χ2v) is 9.02. The van der Waals surface area contributed by atoms with Crippen LogP contribution in [-0.4, -0.2) is 34.3 Å². The number of nitrogens with one attached hydrogen (secondary N) is 1. The van der Waals surface area contributed by atoms with E-state index in [9.17, 15) is 18.9 Å². The van der Waals surface area contributed by atoms with Crippen molar-refractivity contribution >= 4 is 39.5 Å². The molecule has 2 aliphatic heterocycles. The van der Waals surface area contributed by atoms with Crippen molar-refractivity contribution in [2.75, 3.05) is 0 Å². The molecule has 0 saturated carbocycles. The third kappa shape index (κ3) is 4.26. The number of rotatable bonds is 4. The highest BCUT2D eigenvalue weighted by Crippen LogP contribution is 2.57. The molecule has 14 heteroatoms. The van der Waals surface area contributed by atoms with E-state index in [0.29, 0.717) is 12.0 Å². The fourth-order valence-corrected chi connectivity index (χ4v) is 4.88. The average Bonchev–Trinajstić information content (AvgIpc) is 3.15. The number of halogens is 2. The van der Waals surface area contributed by atoms with Crippen molar-refractivity contribution in [3.05, 3.63) is 55.9 Å². The van der Waals surface area contributed by atoms with E-state index in [2.05, 4.69) is 4.98 Å². The second-order valence-electron chi connectivity index (χ2n) is 6.71. The Bertz CT molecular complexity index is 1160. The summed E-state index contributed by atoms with van der Waals surface area (Å²) < 4.78 is 48.6. The van der Waals surface area contributed by atoms with Crippen LogP contribution < -0.4 is 10.1 Å². The van der Waals surface area contributed by atoms with Crippen molar-refractivity contribution in [3.8, 4) is 5.75 Å². The Labute approximate surface area is 180 Å². The third-order valence-corrected chi connectivity index (χ3v) is 6.53. The van der Waals surface area contributed by atoms with Crippen LogP contribution in [0.15, 0.2) is 29.2 Å². The Morgan fingerprint density at radius 3 is 3.00 bits per heavy atom. The Hall–Kier alpha value is -1.53. The molecule has 0 aliphatic carbocycles. The van der Waals surface area contributed by atoms with Crippen LogP contribution in [0.4, 0.5) is 4.39 Å². The summed E-state index contributed by atoms with van der Waals surface area (Å²) in [4.78, 5) is 13.9. The van der Waals surface area contributed by atoms with Crippen LogP contribution in [-0.2, 0) is 25.0 Å². The number of H-pyrrole nitrogens is 1. The second kappa shape index (κ2) is 7.87. The molecule has 1 fully saturated rings. The summed E-state index contributed by atoms with van der Waals surface area (Å²) in [6.45, 7) is -0.264. The van der Waals surface area contributed by atoms with E-state index >= 15 is 0 Å². The Kier molecular flexibility index (Phi) is 5.69. The molecule has 2 N–H and O–H groups in total. The van der Waals surface area contributed by atoms with Gasteiger partial charge in [-0.1, -0.05) is 11.6 Å². The smallest absolute Gasteiger partial charge is 0.404 e. The minimum Gasteiger partial charge on any atom is -0.404 e. The maximum Gasteiger partial charge on any atom is 0.532 e. The fraction of sp³-hybridized carbons (Fsp3) is 0.375. The Morgan fingerprint density at radius 1 is 1.47 bits per heavy atom. The molecule has 2 aromatic rings. The number of fused-ring (bicyclic) bond motifs is 1. The number of phosphoric acid groups is 1. The van der Waals surface area contributed by atoms with Crippen LogP contribution >= 0.6 is 31.6 Å². The van der Waals surface area contributed by atoms with E-state index < -0.39 is 37.2 Å². The number of aromatic amines is 1. The van der Waals surface area contributed by atoms with Crippen LogP contribution in [0.25, 0.3) is 0 Å². The van der Waals surface area contributed by atoms with Gasteiger partial charge in [0.1, 0.15) is 28.9 Å². The summed E-state index contributed by atoms with van der Waals surface area (Å²) in [6.07, 6.45) is -0.0234. The van der Waals surface area contributed by atoms with Crippen LogP contribution in [0.3, 0.4) is 0 Å².